The molecule has 0 radical (unpaired) electrons. The Morgan fingerprint density at radius 1 is 0.957 bits per heavy atom. The minimum Gasteiger partial charge on any atom is -0.381 e. The number of pyridine rings is 1. The number of rotatable bonds is 13. The second-order valence-corrected chi connectivity index (χ2v) is 11.9. The molecular weight excluding hydrogens is 589 g/mol. The highest BCUT2D eigenvalue weighted by atomic mass is 19.1. The maximum atomic E-state index is 15.1. The second kappa shape index (κ2) is 15.5. The van der Waals surface area contributed by atoms with E-state index in [1.165, 1.54) is 6.07 Å². The van der Waals surface area contributed by atoms with Gasteiger partial charge in [-0.15, -0.1) is 0 Å². The standard InChI is InChI=1S/C39H42FN5O2/c1-4-44(38(46)29(2)31-20-21-34(35(40)28-31)30-14-7-5-8-15-30)26-25-42-36-19-13-27-45(3,33-17-9-6-10-18-33)39(47)37(36)43-24-22-32-16-11-12-23-41-32/h5-21,23,28-29,43H,4,22,24-27H2,1-3H3/p+1. The van der Waals surface area contributed by atoms with E-state index in [4.69, 9.17) is 0 Å². The first-order valence-electron chi connectivity index (χ1n) is 16.2. The maximum absolute atomic E-state index is 15.1. The van der Waals surface area contributed by atoms with E-state index in [1.54, 1.807) is 17.2 Å². The predicted molar refractivity (Wildman–Crippen MR) is 187 cm³/mol. The quantitative estimate of drug-likeness (QED) is 0.172. The lowest BCUT2D eigenvalue weighted by molar-refractivity contribution is -0.132. The van der Waals surface area contributed by atoms with Crippen LogP contribution in [0.4, 0.5) is 10.1 Å². The number of quaternary nitrogens is 1. The van der Waals surface area contributed by atoms with Crippen molar-refractivity contribution in [3.8, 4) is 11.1 Å². The van der Waals surface area contributed by atoms with Gasteiger partial charge >= 0.3 is 5.91 Å². The Hall–Kier alpha value is -5.08. The number of allylic oxidation sites excluding steroid dienone is 1. The number of benzene rings is 3. The van der Waals surface area contributed by atoms with Gasteiger partial charge < -0.3 is 15.5 Å². The summed E-state index contributed by atoms with van der Waals surface area (Å²) in [4.78, 5) is 34.0. The summed E-state index contributed by atoms with van der Waals surface area (Å²) < 4.78 is 15.2. The monoisotopic (exact) mass is 632 g/mol. The van der Waals surface area contributed by atoms with Gasteiger partial charge in [0.25, 0.3) is 0 Å². The third-order valence-electron chi connectivity index (χ3n) is 8.76. The van der Waals surface area contributed by atoms with E-state index >= 15 is 4.39 Å². The molecule has 1 aliphatic rings. The number of carbonyl (C=O) groups is 2. The van der Waals surface area contributed by atoms with Crippen LogP contribution in [-0.4, -0.2) is 61.5 Å². The summed E-state index contributed by atoms with van der Waals surface area (Å²) in [7, 11) is 1.93. The van der Waals surface area contributed by atoms with Gasteiger partial charge in [-0.25, -0.2) is 13.7 Å². The summed E-state index contributed by atoms with van der Waals surface area (Å²) in [5, 5.41) is 6.86. The van der Waals surface area contributed by atoms with E-state index in [9.17, 15) is 9.59 Å². The highest BCUT2D eigenvalue weighted by molar-refractivity contribution is 6.02. The minimum atomic E-state index is -0.513. The fourth-order valence-corrected chi connectivity index (χ4v) is 5.89. The van der Waals surface area contributed by atoms with E-state index in [-0.39, 0.29) is 22.1 Å². The van der Waals surface area contributed by atoms with Crippen LogP contribution in [-0.2, 0) is 16.0 Å². The molecule has 0 saturated heterocycles. The van der Waals surface area contributed by atoms with Crippen molar-refractivity contribution in [3.05, 3.63) is 144 Å². The molecule has 8 heteroatoms. The summed E-state index contributed by atoms with van der Waals surface area (Å²) >= 11 is 0. The molecule has 0 fully saturated rings. The summed E-state index contributed by atoms with van der Waals surface area (Å²) in [6, 6.07) is 30.0. The number of halogens is 1. The molecular formula is C39H43FN5O2+. The van der Waals surface area contributed by atoms with Crippen molar-refractivity contribution >= 4 is 17.5 Å². The van der Waals surface area contributed by atoms with E-state index < -0.39 is 5.92 Å². The molecule has 2 atom stereocenters. The highest BCUT2D eigenvalue weighted by Gasteiger charge is 2.39. The molecule has 2 amide bonds. The molecule has 2 unspecified atom stereocenters. The molecule has 0 spiro atoms. The van der Waals surface area contributed by atoms with Gasteiger partial charge in [0, 0.05) is 50.1 Å². The summed E-state index contributed by atoms with van der Waals surface area (Å²) in [5.41, 5.74) is 4.96. The second-order valence-electron chi connectivity index (χ2n) is 11.9. The molecule has 2 N–H and O–H groups in total. The van der Waals surface area contributed by atoms with Gasteiger partial charge in [-0.05, 0) is 67.5 Å². The lowest BCUT2D eigenvalue weighted by Crippen LogP contribution is -2.53. The van der Waals surface area contributed by atoms with E-state index in [0.29, 0.717) is 61.7 Å². The largest absolute Gasteiger partial charge is 0.381 e. The Bertz CT molecular complexity index is 1730. The van der Waals surface area contributed by atoms with Gasteiger partial charge in [-0.3, -0.25) is 9.78 Å². The average Bonchev–Trinajstić information content (AvgIpc) is 3.23. The summed E-state index contributed by atoms with van der Waals surface area (Å²) in [6.07, 6.45) is 6.39. The summed E-state index contributed by atoms with van der Waals surface area (Å²) in [6.45, 7) is 6.13. The molecule has 3 aromatic carbocycles. The Morgan fingerprint density at radius 3 is 2.36 bits per heavy atom. The first-order valence-corrected chi connectivity index (χ1v) is 16.2. The van der Waals surface area contributed by atoms with Crippen molar-refractivity contribution in [2.24, 2.45) is 0 Å². The van der Waals surface area contributed by atoms with Crippen molar-refractivity contribution < 1.29 is 14.0 Å². The van der Waals surface area contributed by atoms with Gasteiger partial charge in [0.15, 0.2) is 5.70 Å². The van der Waals surface area contributed by atoms with Crippen LogP contribution in [0, 0.1) is 5.82 Å². The smallest absolute Gasteiger partial charge is 0.369 e. The minimum absolute atomic E-state index is 0.0530. The molecule has 2 heterocycles. The van der Waals surface area contributed by atoms with Crippen LogP contribution in [0.15, 0.2) is 127 Å². The molecule has 5 rings (SSSR count). The molecule has 1 aliphatic heterocycles. The Balaban J connectivity index is 1.30. The molecule has 0 saturated carbocycles. The zero-order valence-electron chi connectivity index (χ0n) is 27.3. The average molecular weight is 633 g/mol. The van der Waals surface area contributed by atoms with Crippen LogP contribution in [0.1, 0.15) is 31.0 Å². The van der Waals surface area contributed by atoms with E-state index in [0.717, 1.165) is 16.9 Å². The highest BCUT2D eigenvalue weighted by Crippen LogP contribution is 2.28. The van der Waals surface area contributed by atoms with Gasteiger partial charge in [0.2, 0.25) is 5.91 Å². The zero-order valence-corrected chi connectivity index (χ0v) is 27.3. The van der Waals surface area contributed by atoms with Crippen molar-refractivity contribution in [3.63, 3.8) is 0 Å². The molecule has 242 valence electrons. The van der Waals surface area contributed by atoms with Gasteiger partial charge in [-0.1, -0.05) is 66.7 Å². The lowest BCUT2D eigenvalue weighted by Gasteiger charge is -2.30. The van der Waals surface area contributed by atoms with Crippen molar-refractivity contribution in [1.29, 1.82) is 0 Å². The molecule has 0 aliphatic carbocycles. The zero-order chi connectivity index (χ0) is 33.2. The van der Waals surface area contributed by atoms with Gasteiger partial charge in [-0.2, -0.15) is 0 Å². The van der Waals surface area contributed by atoms with Crippen LogP contribution >= 0.6 is 0 Å². The molecule has 4 aromatic rings. The van der Waals surface area contributed by atoms with Crippen molar-refractivity contribution in [1.82, 2.24) is 25.0 Å². The third kappa shape index (κ3) is 7.84. The first kappa shape index (κ1) is 33.3. The third-order valence-corrected chi connectivity index (χ3v) is 8.76. The van der Waals surface area contributed by atoms with Crippen LogP contribution in [0.5, 0.6) is 0 Å². The summed E-state index contributed by atoms with van der Waals surface area (Å²) in [5.74, 6) is -0.994. The Morgan fingerprint density at radius 2 is 1.68 bits per heavy atom. The number of hydrogen-bond donors (Lipinski definition) is 2. The fraction of sp³-hybridized carbons (Fsp3) is 0.256. The van der Waals surface area contributed by atoms with Crippen LogP contribution in [0.2, 0.25) is 0 Å². The van der Waals surface area contributed by atoms with Crippen LogP contribution < -0.4 is 15.1 Å². The van der Waals surface area contributed by atoms with Crippen LogP contribution in [0.3, 0.4) is 0 Å². The SMILES string of the molecule is CCN(CCNC1=C(NCCc2ccccn2)C(=O)[N+](C)(c2ccccc2)CC=C1)C(=O)C(C)c1ccc(-c2ccccc2)c(F)c1. The lowest BCUT2D eigenvalue weighted by atomic mass is 9.96. The number of likely N-dealkylation sites (N-methyl/N-ethyl adjacent to an activating group) is 2. The van der Waals surface area contributed by atoms with Crippen LogP contribution in [0.25, 0.3) is 11.1 Å². The van der Waals surface area contributed by atoms with Crippen molar-refractivity contribution in [2.75, 3.05) is 39.8 Å². The molecule has 1 aromatic heterocycles. The van der Waals surface area contributed by atoms with E-state index in [1.807, 2.05) is 118 Å². The number of hydrogen-bond acceptors (Lipinski definition) is 5. The first-order chi connectivity index (χ1) is 22.8. The fourth-order valence-electron chi connectivity index (χ4n) is 5.89. The number of aromatic nitrogens is 1. The number of carbonyl (C=O) groups excluding carboxylic acids is 2. The number of nitrogens with zero attached hydrogens (tertiary/aromatic N) is 3. The number of para-hydroxylation sites is 1. The number of amides is 2. The van der Waals surface area contributed by atoms with Gasteiger partial charge in [0.1, 0.15) is 18.0 Å². The normalized spacial score (nSPS) is 16.8. The predicted octanol–water partition coefficient (Wildman–Crippen LogP) is 6.21. The molecule has 7 nitrogen and oxygen atoms in total. The topological polar surface area (TPSA) is 74.3 Å². The van der Waals surface area contributed by atoms with Gasteiger partial charge in [0.05, 0.1) is 18.7 Å². The molecule has 0 bridgehead atoms. The van der Waals surface area contributed by atoms with E-state index in [2.05, 4.69) is 15.6 Å². The Labute approximate surface area is 277 Å². The molecule has 47 heavy (non-hydrogen) atoms. The Kier molecular flexibility index (Phi) is 11.0. The maximum Gasteiger partial charge on any atom is 0.369 e. The number of nitrogens with one attached hydrogen (secondary N) is 2. The van der Waals surface area contributed by atoms with Crippen molar-refractivity contribution in [2.45, 2.75) is 26.2 Å².